The van der Waals surface area contributed by atoms with Crippen LogP contribution in [-0.4, -0.2) is 27.6 Å². The number of hydrogen-bond acceptors (Lipinski definition) is 3. The van der Waals surface area contributed by atoms with Crippen LogP contribution in [0.4, 0.5) is 5.95 Å². The summed E-state index contributed by atoms with van der Waals surface area (Å²) in [5.41, 5.74) is 0. The van der Waals surface area contributed by atoms with Crippen LogP contribution in [0.3, 0.4) is 0 Å². The van der Waals surface area contributed by atoms with Gasteiger partial charge in [-0.05, 0) is 20.1 Å². The molecule has 0 aliphatic rings. The average molecular weight is 199 g/mol. The van der Waals surface area contributed by atoms with Crippen LogP contribution in [0.25, 0.3) is 0 Å². The molecule has 1 aromatic heterocycles. The van der Waals surface area contributed by atoms with Gasteiger partial charge in [-0.2, -0.15) is 11.8 Å². The Morgan fingerprint density at radius 1 is 1.62 bits per heavy atom. The number of nitrogens with one attached hydrogen (secondary N) is 1. The van der Waals surface area contributed by atoms with E-state index in [1.54, 1.807) is 0 Å². The molecule has 13 heavy (non-hydrogen) atoms. The largest absolute Gasteiger partial charge is 0.359 e. The van der Waals surface area contributed by atoms with Crippen molar-refractivity contribution in [3.05, 3.63) is 12.4 Å². The molecule has 0 saturated heterocycles. The van der Waals surface area contributed by atoms with E-state index in [0.29, 0.717) is 0 Å². The fourth-order valence-corrected chi connectivity index (χ4v) is 1.41. The van der Waals surface area contributed by atoms with Gasteiger partial charge in [0.25, 0.3) is 0 Å². The summed E-state index contributed by atoms with van der Waals surface area (Å²) in [7, 11) is 1.89. The summed E-state index contributed by atoms with van der Waals surface area (Å²) < 4.78 is 2.39. The molecule has 0 unspecified atom stereocenters. The second-order valence-corrected chi connectivity index (χ2v) is 5.11. The lowest BCUT2D eigenvalue weighted by molar-refractivity contribution is 0.572. The summed E-state index contributed by atoms with van der Waals surface area (Å²) in [5, 5.41) is 3.06. The van der Waals surface area contributed by atoms with Crippen molar-refractivity contribution in [2.24, 2.45) is 0 Å². The fraction of sp³-hybridized carbons (Fsp3) is 0.667. The van der Waals surface area contributed by atoms with Crippen LogP contribution in [0.2, 0.25) is 0 Å². The van der Waals surface area contributed by atoms with Crippen molar-refractivity contribution in [2.45, 2.75) is 25.1 Å². The minimum absolute atomic E-state index is 0.256. The first-order chi connectivity index (χ1) is 6.09. The molecule has 0 fully saturated rings. The van der Waals surface area contributed by atoms with Gasteiger partial charge in [0.1, 0.15) is 0 Å². The van der Waals surface area contributed by atoms with Crippen LogP contribution in [-0.2, 0) is 6.54 Å². The first-order valence-electron chi connectivity index (χ1n) is 4.33. The van der Waals surface area contributed by atoms with Gasteiger partial charge in [0.2, 0.25) is 5.95 Å². The van der Waals surface area contributed by atoms with Crippen molar-refractivity contribution >= 4 is 17.7 Å². The maximum Gasteiger partial charge on any atom is 0.202 e. The summed E-state index contributed by atoms with van der Waals surface area (Å²) in [6, 6.07) is 0. The molecule has 1 heterocycles. The van der Waals surface area contributed by atoms with Crippen molar-refractivity contribution in [3.8, 4) is 0 Å². The number of thioether (sulfide) groups is 1. The number of aromatic nitrogens is 2. The smallest absolute Gasteiger partial charge is 0.202 e. The maximum atomic E-state index is 4.20. The summed E-state index contributed by atoms with van der Waals surface area (Å²) in [4.78, 5) is 4.20. The van der Waals surface area contributed by atoms with Gasteiger partial charge in [-0.1, -0.05) is 0 Å². The number of imidazole rings is 1. The van der Waals surface area contributed by atoms with E-state index in [9.17, 15) is 0 Å². The molecule has 0 saturated carbocycles. The zero-order valence-electron chi connectivity index (χ0n) is 8.66. The first kappa shape index (κ1) is 10.4. The average Bonchev–Trinajstić information content (AvgIpc) is 2.51. The Kier molecular flexibility index (Phi) is 3.25. The molecule has 3 nitrogen and oxygen atoms in total. The Hall–Kier alpha value is -0.640. The normalized spacial score (nSPS) is 11.7. The molecular formula is C9H17N3S. The summed E-state index contributed by atoms with van der Waals surface area (Å²) in [5.74, 6) is 0.933. The zero-order valence-corrected chi connectivity index (χ0v) is 9.48. The monoisotopic (exact) mass is 199 g/mol. The van der Waals surface area contributed by atoms with Crippen LogP contribution < -0.4 is 5.32 Å². The molecule has 1 aromatic rings. The molecular weight excluding hydrogens is 182 g/mol. The van der Waals surface area contributed by atoms with Crippen LogP contribution in [0.5, 0.6) is 0 Å². The van der Waals surface area contributed by atoms with E-state index in [2.05, 4.69) is 35.0 Å². The van der Waals surface area contributed by atoms with Crippen molar-refractivity contribution in [2.75, 3.05) is 18.6 Å². The molecule has 0 aromatic carbocycles. The molecule has 4 heteroatoms. The molecule has 0 amide bonds. The van der Waals surface area contributed by atoms with Crippen molar-refractivity contribution in [1.29, 1.82) is 0 Å². The lowest BCUT2D eigenvalue weighted by Crippen LogP contribution is -2.22. The quantitative estimate of drug-likeness (QED) is 0.805. The molecule has 0 spiro atoms. The molecule has 0 radical (unpaired) electrons. The number of nitrogens with zero attached hydrogens (tertiary/aromatic N) is 2. The van der Waals surface area contributed by atoms with Gasteiger partial charge >= 0.3 is 0 Å². The van der Waals surface area contributed by atoms with E-state index >= 15 is 0 Å². The van der Waals surface area contributed by atoms with Crippen LogP contribution in [0, 0.1) is 0 Å². The third kappa shape index (κ3) is 2.66. The number of anilines is 1. The number of rotatable bonds is 4. The second kappa shape index (κ2) is 4.05. The highest BCUT2D eigenvalue weighted by atomic mass is 32.2. The van der Waals surface area contributed by atoms with Crippen molar-refractivity contribution in [3.63, 3.8) is 0 Å². The van der Waals surface area contributed by atoms with Gasteiger partial charge in [-0.15, -0.1) is 0 Å². The molecule has 1 N–H and O–H groups in total. The molecule has 0 aliphatic carbocycles. The minimum Gasteiger partial charge on any atom is -0.359 e. The van der Waals surface area contributed by atoms with Crippen molar-refractivity contribution < 1.29 is 0 Å². The molecule has 0 atom stereocenters. The highest BCUT2D eigenvalue weighted by molar-refractivity contribution is 7.99. The SMILES string of the molecule is CNc1nccn1CC(C)(C)SC. The van der Waals surface area contributed by atoms with Gasteiger partial charge < -0.3 is 9.88 Å². The Bertz CT molecular complexity index is 268. The Morgan fingerprint density at radius 2 is 2.31 bits per heavy atom. The summed E-state index contributed by atoms with van der Waals surface area (Å²) >= 11 is 1.87. The maximum absolute atomic E-state index is 4.20. The summed E-state index contributed by atoms with van der Waals surface area (Å²) in [6.07, 6.45) is 5.96. The van der Waals surface area contributed by atoms with Gasteiger partial charge in [0.15, 0.2) is 0 Å². The molecule has 0 aliphatic heterocycles. The highest BCUT2D eigenvalue weighted by Crippen LogP contribution is 2.24. The first-order valence-corrected chi connectivity index (χ1v) is 5.55. The van der Waals surface area contributed by atoms with Gasteiger partial charge in [-0.3, -0.25) is 0 Å². The standard InChI is InChI=1S/C9H17N3S/c1-9(2,13-4)7-12-6-5-11-8(12)10-3/h5-6H,7H2,1-4H3,(H,10,11). The van der Waals surface area contributed by atoms with Gasteiger partial charge in [-0.25, -0.2) is 4.98 Å². The van der Waals surface area contributed by atoms with Crippen LogP contribution in [0.1, 0.15) is 13.8 Å². The Balaban J connectivity index is 2.73. The van der Waals surface area contributed by atoms with E-state index in [0.717, 1.165) is 12.5 Å². The van der Waals surface area contributed by atoms with Gasteiger partial charge in [0.05, 0.1) is 0 Å². The lowest BCUT2D eigenvalue weighted by Gasteiger charge is -2.23. The van der Waals surface area contributed by atoms with E-state index in [4.69, 9.17) is 0 Å². The molecule has 74 valence electrons. The second-order valence-electron chi connectivity index (χ2n) is 3.59. The lowest BCUT2D eigenvalue weighted by atomic mass is 10.2. The molecule has 1 rings (SSSR count). The third-order valence-corrected chi connectivity index (χ3v) is 3.28. The van der Waals surface area contributed by atoms with E-state index in [1.165, 1.54) is 0 Å². The number of hydrogen-bond donors (Lipinski definition) is 1. The van der Waals surface area contributed by atoms with Crippen LogP contribution in [0.15, 0.2) is 12.4 Å². The zero-order chi connectivity index (χ0) is 9.90. The summed E-state index contributed by atoms with van der Waals surface area (Å²) in [6.45, 7) is 5.44. The highest BCUT2D eigenvalue weighted by Gasteiger charge is 2.17. The van der Waals surface area contributed by atoms with Crippen molar-refractivity contribution in [1.82, 2.24) is 9.55 Å². The molecule has 0 bridgehead atoms. The third-order valence-electron chi connectivity index (χ3n) is 2.04. The Morgan fingerprint density at radius 3 is 2.85 bits per heavy atom. The predicted molar refractivity (Wildman–Crippen MR) is 59.4 cm³/mol. The Labute approximate surface area is 83.9 Å². The fourth-order valence-electron chi connectivity index (χ4n) is 1.14. The minimum atomic E-state index is 0.256. The van der Waals surface area contributed by atoms with Crippen LogP contribution >= 0.6 is 11.8 Å². The van der Waals surface area contributed by atoms with E-state index in [1.807, 2.05) is 31.2 Å². The topological polar surface area (TPSA) is 29.9 Å². The van der Waals surface area contributed by atoms with Gasteiger partial charge in [0, 0.05) is 30.7 Å². The predicted octanol–water partition coefficient (Wildman–Crippen LogP) is 2.07. The van der Waals surface area contributed by atoms with E-state index < -0.39 is 0 Å². The van der Waals surface area contributed by atoms with E-state index in [-0.39, 0.29) is 4.75 Å².